The first-order valence-corrected chi connectivity index (χ1v) is 21.5. The molecule has 0 aliphatic carbocycles. The number of nitrogens with zero attached hydrogens (tertiary/aromatic N) is 3. The molecule has 282 valence electrons. The average molecular weight is 674 g/mol. The van der Waals surface area contributed by atoms with Crippen LogP contribution in [-0.2, 0) is 16.1 Å². The minimum atomic E-state index is 0.0850. The summed E-state index contributed by atoms with van der Waals surface area (Å²) in [5, 5.41) is 0. The first-order valence-electron chi connectivity index (χ1n) is 21.5. The van der Waals surface area contributed by atoms with Gasteiger partial charge in [0.15, 0.2) is 0 Å². The van der Waals surface area contributed by atoms with Crippen LogP contribution in [0.2, 0.25) is 0 Å². The summed E-state index contributed by atoms with van der Waals surface area (Å²) in [4.78, 5) is 20.1. The van der Waals surface area contributed by atoms with Crippen LogP contribution in [0, 0.1) is 12.8 Å². The van der Waals surface area contributed by atoms with Crippen molar-refractivity contribution in [2.24, 2.45) is 5.92 Å². The summed E-state index contributed by atoms with van der Waals surface area (Å²) in [5.74, 6) is 1.32. The molecule has 5 heteroatoms. The minimum Gasteiger partial charge on any atom is -0.465 e. The summed E-state index contributed by atoms with van der Waals surface area (Å²) < 4.78 is 8.14. The Balaban J connectivity index is 2.28. The van der Waals surface area contributed by atoms with Gasteiger partial charge in [-0.05, 0) is 65.1 Å². The van der Waals surface area contributed by atoms with E-state index in [0.717, 1.165) is 38.1 Å². The van der Waals surface area contributed by atoms with Gasteiger partial charge < -0.3 is 14.2 Å². The lowest BCUT2D eigenvalue weighted by molar-refractivity contribution is -0.149. The quantitative estimate of drug-likeness (QED) is 0.0521. The second-order valence-corrected chi connectivity index (χ2v) is 14.9. The van der Waals surface area contributed by atoms with E-state index in [1.807, 2.05) is 6.20 Å². The maximum absolute atomic E-state index is 13.0. The molecule has 0 fully saturated rings. The first kappa shape index (κ1) is 44.7. The van der Waals surface area contributed by atoms with Crippen molar-refractivity contribution < 1.29 is 9.53 Å². The Morgan fingerprint density at radius 2 is 1.02 bits per heavy atom. The molecule has 1 rings (SSSR count). The Bertz CT molecular complexity index is 810. The monoisotopic (exact) mass is 674 g/mol. The Labute approximate surface area is 300 Å². The third-order valence-electron chi connectivity index (χ3n) is 10.4. The fourth-order valence-electron chi connectivity index (χ4n) is 7.07. The highest BCUT2D eigenvalue weighted by molar-refractivity contribution is 5.72. The summed E-state index contributed by atoms with van der Waals surface area (Å²) in [5.41, 5.74) is 0. The molecule has 0 bridgehead atoms. The van der Waals surface area contributed by atoms with E-state index in [2.05, 4.69) is 48.3 Å². The van der Waals surface area contributed by atoms with Crippen molar-refractivity contribution in [2.75, 3.05) is 26.2 Å². The Hall–Kier alpha value is -1.36. The van der Waals surface area contributed by atoms with Crippen molar-refractivity contribution in [1.29, 1.82) is 0 Å². The highest BCUT2D eigenvalue weighted by Crippen LogP contribution is 2.21. The van der Waals surface area contributed by atoms with Crippen LogP contribution in [0.1, 0.15) is 213 Å². The van der Waals surface area contributed by atoms with Crippen LogP contribution >= 0.6 is 0 Å². The number of rotatable bonds is 37. The van der Waals surface area contributed by atoms with Gasteiger partial charge in [0, 0.05) is 18.9 Å². The molecule has 0 amide bonds. The zero-order chi connectivity index (χ0) is 34.8. The summed E-state index contributed by atoms with van der Waals surface area (Å²) in [7, 11) is 0. The van der Waals surface area contributed by atoms with Gasteiger partial charge in [-0.25, -0.2) is 4.98 Å². The maximum atomic E-state index is 13.0. The molecule has 1 aromatic heterocycles. The predicted octanol–water partition coefficient (Wildman–Crippen LogP) is 13.0. The summed E-state index contributed by atoms with van der Waals surface area (Å²) in [6.07, 6.45) is 41.4. The first-order chi connectivity index (χ1) is 23.6. The van der Waals surface area contributed by atoms with Crippen molar-refractivity contribution >= 4 is 5.97 Å². The highest BCUT2D eigenvalue weighted by Gasteiger charge is 2.19. The number of hydrogen-bond donors (Lipinski definition) is 0. The number of esters is 1. The standard InChI is InChI=1S/C43H83N3O2/c1-5-8-11-14-16-17-18-19-20-21-23-28-35-45(37-31-38-46-39-34-44-41(46)4)36-29-24-25-30-40-48-43(47)42(32-26-13-10-7-3)33-27-22-15-12-9-6-2/h34,39,42H,5-33,35-38,40H2,1-4H3. The van der Waals surface area contributed by atoms with Crippen LogP contribution in [-0.4, -0.2) is 46.7 Å². The van der Waals surface area contributed by atoms with Crippen molar-refractivity contribution in [3.8, 4) is 0 Å². The molecule has 0 radical (unpaired) electrons. The normalized spacial score (nSPS) is 12.3. The van der Waals surface area contributed by atoms with Gasteiger partial charge in [0.05, 0.1) is 12.5 Å². The fourth-order valence-corrected chi connectivity index (χ4v) is 7.07. The van der Waals surface area contributed by atoms with E-state index in [9.17, 15) is 4.79 Å². The second kappa shape index (κ2) is 34.1. The third kappa shape index (κ3) is 26.5. The van der Waals surface area contributed by atoms with Gasteiger partial charge in [-0.1, -0.05) is 168 Å². The molecule has 1 unspecified atom stereocenters. The summed E-state index contributed by atoms with van der Waals surface area (Å²) in [6, 6.07) is 0. The zero-order valence-electron chi connectivity index (χ0n) is 32.9. The van der Waals surface area contributed by atoms with Gasteiger partial charge >= 0.3 is 5.97 Å². The number of aromatic nitrogens is 2. The van der Waals surface area contributed by atoms with Gasteiger partial charge in [-0.15, -0.1) is 0 Å². The highest BCUT2D eigenvalue weighted by atomic mass is 16.5. The van der Waals surface area contributed by atoms with Gasteiger partial charge in [0.25, 0.3) is 0 Å². The molecule has 0 aromatic carbocycles. The summed E-state index contributed by atoms with van der Waals surface area (Å²) in [6.45, 7) is 14.2. The fraction of sp³-hybridized carbons (Fsp3) is 0.907. The van der Waals surface area contributed by atoms with Crippen LogP contribution in [0.15, 0.2) is 12.4 Å². The van der Waals surface area contributed by atoms with E-state index >= 15 is 0 Å². The molecular weight excluding hydrogens is 590 g/mol. The number of unbranched alkanes of at least 4 members (excludes halogenated alkanes) is 22. The van der Waals surface area contributed by atoms with Crippen molar-refractivity contribution in [1.82, 2.24) is 14.5 Å². The maximum Gasteiger partial charge on any atom is 0.308 e. The summed E-state index contributed by atoms with van der Waals surface area (Å²) >= 11 is 0. The number of carbonyl (C=O) groups excluding carboxylic acids is 1. The van der Waals surface area contributed by atoms with Crippen LogP contribution < -0.4 is 0 Å². The van der Waals surface area contributed by atoms with E-state index in [4.69, 9.17) is 4.74 Å². The Morgan fingerprint density at radius 3 is 1.50 bits per heavy atom. The van der Waals surface area contributed by atoms with E-state index in [-0.39, 0.29) is 11.9 Å². The molecule has 1 heterocycles. The molecule has 1 atom stereocenters. The zero-order valence-corrected chi connectivity index (χ0v) is 32.9. The van der Waals surface area contributed by atoms with Crippen molar-refractivity contribution in [2.45, 2.75) is 220 Å². The largest absolute Gasteiger partial charge is 0.465 e. The molecule has 0 saturated heterocycles. The lowest BCUT2D eigenvalue weighted by atomic mass is 9.94. The lowest BCUT2D eigenvalue weighted by Gasteiger charge is -2.22. The number of hydrogen-bond acceptors (Lipinski definition) is 4. The number of ether oxygens (including phenoxy) is 1. The van der Waals surface area contributed by atoms with Crippen LogP contribution in [0.25, 0.3) is 0 Å². The van der Waals surface area contributed by atoms with Crippen molar-refractivity contribution in [3.63, 3.8) is 0 Å². The Morgan fingerprint density at radius 1 is 0.604 bits per heavy atom. The average Bonchev–Trinajstić information content (AvgIpc) is 3.50. The smallest absolute Gasteiger partial charge is 0.308 e. The molecule has 0 spiro atoms. The van der Waals surface area contributed by atoms with E-state index in [1.165, 1.54) is 180 Å². The van der Waals surface area contributed by atoms with Gasteiger partial charge in [-0.2, -0.15) is 0 Å². The Kier molecular flexibility index (Phi) is 31.7. The molecule has 0 saturated carbocycles. The second-order valence-electron chi connectivity index (χ2n) is 14.9. The lowest BCUT2D eigenvalue weighted by Crippen LogP contribution is -2.28. The minimum absolute atomic E-state index is 0.0850. The molecule has 0 N–H and O–H groups in total. The van der Waals surface area contributed by atoms with E-state index < -0.39 is 0 Å². The van der Waals surface area contributed by atoms with E-state index in [1.54, 1.807) is 0 Å². The molecular formula is C43H83N3O2. The van der Waals surface area contributed by atoms with Crippen LogP contribution in [0.5, 0.6) is 0 Å². The number of aryl methyl sites for hydroxylation is 2. The van der Waals surface area contributed by atoms with Gasteiger partial charge in [-0.3, -0.25) is 4.79 Å². The van der Waals surface area contributed by atoms with E-state index in [0.29, 0.717) is 6.61 Å². The van der Waals surface area contributed by atoms with Crippen LogP contribution in [0.3, 0.4) is 0 Å². The molecule has 48 heavy (non-hydrogen) atoms. The molecule has 0 aliphatic rings. The topological polar surface area (TPSA) is 47.4 Å². The molecule has 1 aromatic rings. The third-order valence-corrected chi connectivity index (χ3v) is 10.4. The van der Waals surface area contributed by atoms with Crippen LogP contribution in [0.4, 0.5) is 0 Å². The molecule has 0 aliphatic heterocycles. The van der Waals surface area contributed by atoms with Gasteiger partial charge in [0.2, 0.25) is 0 Å². The van der Waals surface area contributed by atoms with Crippen molar-refractivity contribution in [3.05, 3.63) is 18.2 Å². The SMILES string of the molecule is CCCCCCCCCCCCCCN(CCCCCCOC(=O)C(CCCCCC)CCCCCCCC)CCCn1ccnc1C. The predicted molar refractivity (Wildman–Crippen MR) is 209 cm³/mol. The number of carbonyl (C=O) groups is 1. The van der Waals surface area contributed by atoms with Gasteiger partial charge in [0.1, 0.15) is 5.82 Å². The number of imidazole rings is 1. The molecule has 5 nitrogen and oxygen atoms in total.